The van der Waals surface area contributed by atoms with Gasteiger partial charge in [0.2, 0.25) is 5.95 Å². The summed E-state index contributed by atoms with van der Waals surface area (Å²) in [5.74, 6) is 0.366. The summed E-state index contributed by atoms with van der Waals surface area (Å²) in [7, 11) is 3.69. The molecular formula is C26H29F3N6O2. The third kappa shape index (κ3) is 5.42. The number of methoxy groups -OCH3 is 1. The normalized spacial score (nSPS) is 18.8. The topological polar surface area (TPSA) is 66.0 Å². The molecule has 0 radical (unpaired) electrons. The molecule has 2 fully saturated rings. The molecule has 3 heterocycles. The second kappa shape index (κ2) is 10.4. The second-order valence-corrected chi connectivity index (χ2v) is 9.10. The molecule has 3 aromatic rings. The zero-order valence-corrected chi connectivity index (χ0v) is 20.7. The first-order valence-electron chi connectivity index (χ1n) is 12.1. The molecule has 11 heteroatoms. The third-order valence-corrected chi connectivity index (χ3v) is 6.65. The van der Waals surface area contributed by atoms with Gasteiger partial charge in [-0.3, -0.25) is 4.84 Å². The van der Waals surface area contributed by atoms with Crippen molar-refractivity contribution in [1.29, 1.82) is 0 Å². The van der Waals surface area contributed by atoms with E-state index in [1.54, 1.807) is 13.2 Å². The monoisotopic (exact) mass is 514 g/mol. The highest BCUT2D eigenvalue weighted by Crippen LogP contribution is 2.42. The van der Waals surface area contributed by atoms with Crippen LogP contribution in [-0.2, 0) is 11.0 Å². The molecule has 2 aliphatic rings. The van der Waals surface area contributed by atoms with E-state index in [2.05, 4.69) is 32.1 Å². The number of alkyl halides is 3. The van der Waals surface area contributed by atoms with Crippen LogP contribution in [0.2, 0.25) is 0 Å². The van der Waals surface area contributed by atoms with Crippen molar-refractivity contribution in [3.05, 3.63) is 65.9 Å². The number of likely N-dealkylation sites (N-methyl/N-ethyl adjacent to an activating group) is 1. The number of hydrogen-bond donors (Lipinski definition) is 1. The number of anilines is 4. The van der Waals surface area contributed by atoms with E-state index in [9.17, 15) is 13.2 Å². The fourth-order valence-electron chi connectivity index (χ4n) is 4.65. The molecule has 0 amide bonds. The molecule has 0 bridgehead atoms. The largest absolute Gasteiger partial charge is 0.495 e. The van der Waals surface area contributed by atoms with Gasteiger partial charge >= 0.3 is 6.18 Å². The Morgan fingerprint density at radius 3 is 2.51 bits per heavy atom. The van der Waals surface area contributed by atoms with E-state index in [1.165, 1.54) is 5.06 Å². The van der Waals surface area contributed by atoms with Gasteiger partial charge in [0.25, 0.3) is 0 Å². The van der Waals surface area contributed by atoms with E-state index in [1.807, 2.05) is 42.5 Å². The molecular weight excluding hydrogens is 485 g/mol. The lowest BCUT2D eigenvalue weighted by molar-refractivity contribution is -0.138. The van der Waals surface area contributed by atoms with Gasteiger partial charge in [0, 0.05) is 50.6 Å². The average Bonchev–Trinajstić information content (AvgIpc) is 3.39. The van der Waals surface area contributed by atoms with Crippen molar-refractivity contribution in [3.8, 4) is 5.75 Å². The van der Waals surface area contributed by atoms with Crippen LogP contribution in [0.3, 0.4) is 0 Å². The minimum atomic E-state index is -4.64. The van der Waals surface area contributed by atoms with Crippen molar-refractivity contribution in [1.82, 2.24) is 14.9 Å². The Morgan fingerprint density at radius 1 is 1.05 bits per heavy atom. The number of nitrogens with zero attached hydrogens (tertiary/aromatic N) is 5. The summed E-state index contributed by atoms with van der Waals surface area (Å²) in [5, 5.41) is 4.29. The van der Waals surface area contributed by atoms with Crippen molar-refractivity contribution in [2.45, 2.75) is 18.6 Å². The fourth-order valence-corrected chi connectivity index (χ4v) is 4.65. The van der Waals surface area contributed by atoms with Crippen LogP contribution < -0.4 is 20.0 Å². The van der Waals surface area contributed by atoms with E-state index in [4.69, 9.17) is 9.57 Å². The van der Waals surface area contributed by atoms with Crippen LogP contribution in [0.1, 0.15) is 23.6 Å². The van der Waals surface area contributed by atoms with Crippen LogP contribution in [0.25, 0.3) is 0 Å². The zero-order chi connectivity index (χ0) is 26.0. The molecule has 1 unspecified atom stereocenters. The first kappa shape index (κ1) is 25.1. The summed E-state index contributed by atoms with van der Waals surface area (Å²) >= 11 is 0. The third-order valence-electron chi connectivity index (χ3n) is 6.65. The number of rotatable bonds is 6. The van der Waals surface area contributed by atoms with Crippen LogP contribution in [0.5, 0.6) is 5.75 Å². The maximum Gasteiger partial charge on any atom is 0.421 e. The lowest BCUT2D eigenvalue weighted by Gasteiger charge is -2.34. The van der Waals surface area contributed by atoms with Gasteiger partial charge in [-0.25, -0.2) is 10.0 Å². The predicted molar refractivity (Wildman–Crippen MR) is 135 cm³/mol. The number of ether oxygens (including phenoxy) is 1. The van der Waals surface area contributed by atoms with Crippen molar-refractivity contribution < 1.29 is 22.7 Å². The van der Waals surface area contributed by atoms with E-state index in [0.29, 0.717) is 17.9 Å². The molecule has 2 aliphatic heterocycles. The molecule has 8 nitrogen and oxygen atoms in total. The zero-order valence-electron chi connectivity index (χ0n) is 20.7. The number of piperazine rings is 1. The van der Waals surface area contributed by atoms with Crippen LogP contribution >= 0.6 is 0 Å². The van der Waals surface area contributed by atoms with Crippen molar-refractivity contribution >= 4 is 23.1 Å². The van der Waals surface area contributed by atoms with Crippen LogP contribution in [0.15, 0.2) is 54.7 Å². The standard InChI is InChI=1S/C26H29F3N6O2/c1-33-11-13-34(14-12-33)22-9-8-19(16-23(22)36-2)31-25-30-17-20(26(27,28)29)24(32-25)35-21(10-15-37-35)18-6-4-3-5-7-18/h3-9,16-17,21H,10-15H2,1-2H3,(H,30,31,32). The van der Waals surface area contributed by atoms with Gasteiger partial charge in [-0.2, -0.15) is 18.2 Å². The van der Waals surface area contributed by atoms with Gasteiger partial charge < -0.3 is 19.9 Å². The van der Waals surface area contributed by atoms with Crippen molar-refractivity contribution in [2.75, 3.05) is 62.2 Å². The Balaban J connectivity index is 1.44. The summed E-state index contributed by atoms with van der Waals surface area (Å²) in [4.78, 5) is 18.4. The summed E-state index contributed by atoms with van der Waals surface area (Å²) < 4.78 is 47.4. The van der Waals surface area contributed by atoms with Gasteiger partial charge in [0.15, 0.2) is 5.82 Å². The van der Waals surface area contributed by atoms with Crippen molar-refractivity contribution in [3.63, 3.8) is 0 Å². The number of halogens is 3. The highest BCUT2D eigenvalue weighted by molar-refractivity contribution is 5.68. The Bertz CT molecular complexity index is 1220. The quantitative estimate of drug-likeness (QED) is 0.499. The maximum atomic E-state index is 13.9. The highest BCUT2D eigenvalue weighted by Gasteiger charge is 2.40. The molecule has 1 atom stereocenters. The Hall–Kier alpha value is -3.57. The van der Waals surface area contributed by atoms with E-state index < -0.39 is 17.8 Å². The van der Waals surface area contributed by atoms with Gasteiger partial charge in [0.1, 0.15) is 11.3 Å². The first-order valence-corrected chi connectivity index (χ1v) is 12.1. The van der Waals surface area contributed by atoms with Gasteiger partial charge in [0.05, 0.1) is 25.4 Å². The van der Waals surface area contributed by atoms with Gasteiger partial charge in [-0.15, -0.1) is 0 Å². The SMILES string of the molecule is COc1cc(Nc2ncc(C(F)(F)F)c(N3OCCC3c3ccccc3)n2)ccc1N1CCN(C)CC1. The van der Waals surface area contributed by atoms with Crippen LogP contribution in [0, 0.1) is 0 Å². The Labute approximate surface area is 213 Å². The lowest BCUT2D eigenvalue weighted by Crippen LogP contribution is -2.44. The molecule has 1 aromatic heterocycles. The molecule has 1 N–H and O–H groups in total. The lowest BCUT2D eigenvalue weighted by atomic mass is 10.0. The maximum absolute atomic E-state index is 13.9. The number of hydroxylamine groups is 1. The Kier molecular flexibility index (Phi) is 7.07. The highest BCUT2D eigenvalue weighted by atomic mass is 19.4. The number of hydrogen-bond acceptors (Lipinski definition) is 8. The number of aromatic nitrogens is 2. The summed E-state index contributed by atoms with van der Waals surface area (Å²) in [6.45, 7) is 3.95. The van der Waals surface area contributed by atoms with E-state index in [0.717, 1.165) is 43.6 Å². The molecule has 196 valence electrons. The average molecular weight is 515 g/mol. The van der Waals surface area contributed by atoms with Crippen LogP contribution in [-0.4, -0.2) is 61.8 Å². The second-order valence-electron chi connectivity index (χ2n) is 9.10. The summed E-state index contributed by atoms with van der Waals surface area (Å²) in [6.07, 6.45) is -3.31. The molecule has 0 aliphatic carbocycles. The van der Waals surface area contributed by atoms with Crippen LogP contribution in [0.4, 0.5) is 36.3 Å². The smallest absolute Gasteiger partial charge is 0.421 e. The molecule has 0 spiro atoms. The summed E-state index contributed by atoms with van der Waals surface area (Å²) in [6, 6.07) is 14.5. The molecule has 37 heavy (non-hydrogen) atoms. The molecule has 5 rings (SSSR count). The van der Waals surface area contributed by atoms with Gasteiger partial charge in [-0.05, 0) is 24.7 Å². The van der Waals surface area contributed by atoms with E-state index in [-0.39, 0.29) is 18.4 Å². The number of benzene rings is 2. The van der Waals surface area contributed by atoms with Gasteiger partial charge in [-0.1, -0.05) is 30.3 Å². The van der Waals surface area contributed by atoms with E-state index >= 15 is 0 Å². The fraction of sp³-hybridized carbons (Fsp3) is 0.385. The number of nitrogens with one attached hydrogen (secondary N) is 1. The minimum absolute atomic E-state index is 0.0275. The minimum Gasteiger partial charge on any atom is -0.495 e. The predicted octanol–water partition coefficient (Wildman–Crippen LogP) is 4.88. The molecule has 2 aromatic carbocycles. The molecule has 0 saturated carbocycles. The Morgan fingerprint density at radius 2 is 1.81 bits per heavy atom. The van der Waals surface area contributed by atoms with Crippen molar-refractivity contribution in [2.24, 2.45) is 0 Å². The first-order chi connectivity index (χ1) is 17.8. The summed E-state index contributed by atoms with van der Waals surface area (Å²) in [5.41, 5.74) is 1.46. The molecule has 2 saturated heterocycles.